The summed E-state index contributed by atoms with van der Waals surface area (Å²) in [6.45, 7) is 2.20. The van der Waals surface area contributed by atoms with Gasteiger partial charge in [0.25, 0.3) is 0 Å². The molecule has 0 aliphatic carbocycles. The second-order valence-electron chi connectivity index (χ2n) is 2.55. The Kier molecular flexibility index (Phi) is 8.94. The summed E-state index contributed by atoms with van der Waals surface area (Å²) in [6.07, 6.45) is 2.53. The Hall–Kier alpha value is 0.400. The van der Waals surface area contributed by atoms with Gasteiger partial charge in [0.2, 0.25) is 0 Å². The summed E-state index contributed by atoms with van der Waals surface area (Å²) >= 11 is 13.9. The first-order valence-electron chi connectivity index (χ1n) is 3.97. The molecule has 0 amide bonds. The van der Waals surface area contributed by atoms with Crippen molar-refractivity contribution in [3.05, 3.63) is 0 Å². The average Bonchev–Trinajstić information content (AvgIpc) is 2.57. The highest BCUT2D eigenvalue weighted by Gasteiger charge is 2.09. The van der Waals surface area contributed by atoms with Gasteiger partial charge in [0, 0.05) is 13.1 Å². The van der Waals surface area contributed by atoms with Gasteiger partial charge in [-0.05, 0) is 24.8 Å². The number of nitrogens with two attached hydrogens (primary N) is 2. The number of nitrogens with one attached hydrogen (secondary N) is 1. The van der Waals surface area contributed by atoms with E-state index in [1.807, 2.05) is 0 Å². The third kappa shape index (κ3) is 8.97. The smallest absolute Gasteiger partial charge is 0.146 e. The van der Waals surface area contributed by atoms with Gasteiger partial charge in [-0.2, -0.15) is 0 Å². The van der Waals surface area contributed by atoms with Crippen LogP contribution in [0, 0.1) is 0 Å². The Labute approximate surface area is 105 Å². The summed E-state index contributed by atoms with van der Waals surface area (Å²) in [7, 11) is 0. The summed E-state index contributed by atoms with van der Waals surface area (Å²) < 4.78 is 0.849. The first kappa shape index (κ1) is 14.4. The van der Waals surface area contributed by atoms with Crippen molar-refractivity contribution < 1.29 is 0 Å². The fraction of sp³-hybridized carbons (Fsp3) is 0.667. The van der Waals surface area contributed by atoms with Crippen LogP contribution >= 0.6 is 49.0 Å². The second kappa shape index (κ2) is 8.69. The van der Waals surface area contributed by atoms with Crippen LogP contribution < -0.4 is 16.3 Å². The zero-order valence-electron chi connectivity index (χ0n) is 7.60. The molecule has 0 aromatic rings. The van der Waals surface area contributed by atoms with Crippen LogP contribution in [0.1, 0.15) is 12.8 Å². The van der Waals surface area contributed by atoms with Gasteiger partial charge in [-0.15, -0.1) is 12.6 Å². The molecule has 1 rings (SSSR count). The molecule has 1 fully saturated rings. The summed E-state index contributed by atoms with van der Waals surface area (Å²) in [5.41, 5.74) is 7.83. The Morgan fingerprint density at radius 1 is 1.36 bits per heavy atom. The van der Waals surface area contributed by atoms with E-state index in [1.165, 1.54) is 12.8 Å². The van der Waals surface area contributed by atoms with Crippen molar-refractivity contribution in [1.82, 2.24) is 10.4 Å². The molecular formula is C6H14N4S4. The topological polar surface area (TPSA) is 67.3 Å². The van der Waals surface area contributed by atoms with Gasteiger partial charge in [-0.1, -0.05) is 24.4 Å². The molecule has 0 bridgehead atoms. The van der Waals surface area contributed by atoms with Crippen LogP contribution in [0.15, 0.2) is 0 Å². The number of hydrazine groups is 1. The van der Waals surface area contributed by atoms with Crippen molar-refractivity contribution >= 4 is 57.7 Å². The molecule has 4 nitrogen and oxygen atoms in total. The Bertz CT molecular complexity index is 192. The summed E-state index contributed by atoms with van der Waals surface area (Å²) in [5.74, 6) is 0. The molecule has 0 aromatic heterocycles. The molecule has 8 heteroatoms. The first-order valence-corrected chi connectivity index (χ1v) is 6.11. The van der Waals surface area contributed by atoms with Crippen LogP contribution in [0.5, 0.6) is 0 Å². The van der Waals surface area contributed by atoms with E-state index in [9.17, 15) is 0 Å². The van der Waals surface area contributed by atoms with E-state index >= 15 is 0 Å². The highest BCUT2D eigenvalue weighted by molar-refractivity contribution is 8.21. The maximum atomic E-state index is 4.86. The SMILES string of the molecule is NSC(N)=S.S=C(S)NN1CCCC1. The minimum atomic E-state index is 0.282. The Balaban J connectivity index is 0.000000292. The van der Waals surface area contributed by atoms with E-state index < -0.39 is 0 Å². The van der Waals surface area contributed by atoms with Gasteiger partial charge in [0.15, 0.2) is 0 Å². The van der Waals surface area contributed by atoms with Gasteiger partial charge in [-0.25, -0.2) is 5.01 Å². The maximum absolute atomic E-state index is 4.86. The predicted molar refractivity (Wildman–Crippen MR) is 74.1 cm³/mol. The van der Waals surface area contributed by atoms with E-state index in [0.717, 1.165) is 25.0 Å². The maximum Gasteiger partial charge on any atom is 0.146 e. The van der Waals surface area contributed by atoms with Crippen LogP contribution in [0.3, 0.4) is 0 Å². The fourth-order valence-corrected chi connectivity index (χ4v) is 1.23. The molecule has 0 spiro atoms. The van der Waals surface area contributed by atoms with Crippen molar-refractivity contribution in [2.75, 3.05) is 13.1 Å². The molecule has 14 heavy (non-hydrogen) atoms. The zero-order valence-corrected chi connectivity index (χ0v) is 10.9. The van der Waals surface area contributed by atoms with Crippen molar-refractivity contribution in [3.8, 4) is 0 Å². The molecule has 1 saturated heterocycles. The molecule has 0 unspecified atom stereocenters. The number of thiocarbonyl (C=S) groups is 2. The van der Waals surface area contributed by atoms with Gasteiger partial charge >= 0.3 is 0 Å². The van der Waals surface area contributed by atoms with Gasteiger partial charge < -0.3 is 11.2 Å². The van der Waals surface area contributed by atoms with Crippen LogP contribution in [-0.2, 0) is 0 Å². The second-order valence-corrected chi connectivity index (χ2v) is 5.08. The predicted octanol–water partition coefficient (Wildman–Crippen LogP) is 0.638. The highest BCUT2D eigenvalue weighted by atomic mass is 32.2. The van der Waals surface area contributed by atoms with Gasteiger partial charge in [0.05, 0.1) is 0 Å². The molecule has 82 valence electrons. The molecule has 0 aromatic carbocycles. The van der Waals surface area contributed by atoms with Crippen molar-refractivity contribution in [2.24, 2.45) is 10.9 Å². The van der Waals surface area contributed by atoms with Crippen molar-refractivity contribution in [1.29, 1.82) is 0 Å². The molecule has 1 aliphatic rings. The van der Waals surface area contributed by atoms with Crippen LogP contribution in [0.2, 0.25) is 0 Å². The number of rotatable bonds is 1. The summed E-state index contributed by atoms with van der Waals surface area (Å²) in [5, 5.41) is 6.91. The molecule has 0 saturated carbocycles. The van der Waals surface area contributed by atoms with Crippen LogP contribution in [0.25, 0.3) is 0 Å². The first-order chi connectivity index (χ1) is 6.56. The van der Waals surface area contributed by atoms with E-state index in [1.54, 1.807) is 0 Å². The summed E-state index contributed by atoms with van der Waals surface area (Å²) in [4.78, 5) is 0. The van der Waals surface area contributed by atoms with E-state index in [2.05, 4.69) is 35.3 Å². The lowest BCUT2D eigenvalue weighted by Gasteiger charge is -2.14. The van der Waals surface area contributed by atoms with E-state index in [0.29, 0.717) is 4.32 Å². The van der Waals surface area contributed by atoms with Crippen LogP contribution in [-0.4, -0.2) is 26.7 Å². The molecule has 1 aliphatic heterocycles. The number of hydrogen-bond donors (Lipinski definition) is 4. The van der Waals surface area contributed by atoms with Gasteiger partial charge in [0.1, 0.15) is 8.64 Å². The highest BCUT2D eigenvalue weighted by Crippen LogP contribution is 2.03. The minimum Gasteiger partial charge on any atom is -0.384 e. The van der Waals surface area contributed by atoms with Crippen molar-refractivity contribution in [3.63, 3.8) is 0 Å². The van der Waals surface area contributed by atoms with Crippen LogP contribution in [0.4, 0.5) is 0 Å². The third-order valence-electron chi connectivity index (χ3n) is 1.48. The zero-order chi connectivity index (χ0) is 11.0. The van der Waals surface area contributed by atoms with Crippen molar-refractivity contribution in [2.45, 2.75) is 12.8 Å². The number of thiol groups is 1. The lowest BCUT2D eigenvalue weighted by Crippen LogP contribution is -2.36. The lowest BCUT2D eigenvalue weighted by atomic mass is 10.4. The van der Waals surface area contributed by atoms with E-state index in [-0.39, 0.29) is 4.32 Å². The molecule has 5 N–H and O–H groups in total. The minimum absolute atomic E-state index is 0.282. The molecule has 1 heterocycles. The summed E-state index contributed by atoms with van der Waals surface area (Å²) in [6, 6.07) is 0. The molecule has 0 radical (unpaired) electrons. The largest absolute Gasteiger partial charge is 0.384 e. The fourth-order valence-electron chi connectivity index (χ4n) is 0.964. The Morgan fingerprint density at radius 3 is 2.07 bits per heavy atom. The van der Waals surface area contributed by atoms with Gasteiger partial charge in [-0.3, -0.25) is 5.14 Å². The standard InChI is InChI=1S/C5H10N2S2.CH4N2S2/c8-5(9)6-7-3-1-2-4-7;2-1(4)5-3/h1-4H2,(H2,6,8,9);3H2,(H2,2,4). The average molecular weight is 270 g/mol. The molecular weight excluding hydrogens is 256 g/mol. The number of nitrogens with zero attached hydrogens (tertiary/aromatic N) is 1. The molecule has 0 atom stereocenters. The normalized spacial score (nSPS) is 15.6. The third-order valence-corrected chi connectivity index (χ3v) is 2.19. The quantitative estimate of drug-likeness (QED) is 0.317. The lowest BCUT2D eigenvalue weighted by molar-refractivity contribution is 0.300. The number of hydrogen-bond acceptors (Lipinski definition) is 5. The monoisotopic (exact) mass is 270 g/mol. The Morgan fingerprint density at radius 2 is 1.79 bits per heavy atom. The van der Waals surface area contributed by atoms with E-state index in [4.69, 9.17) is 23.1 Å².